The van der Waals surface area contributed by atoms with Gasteiger partial charge >= 0.3 is 5.97 Å². The highest BCUT2D eigenvalue weighted by Crippen LogP contribution is 2.42. The molecule has 0 aromatic heterocycles. The molecule has 1 fully saturated rings. The van der Waals surface area contributed by atoms with E-state index in [1.165, 1.54) is 13.5 Å². The minimum absolute atomic E-state index is 0.0201. The highest BCUT2D eigenvalue weighted by molar-refractivity contribution is 5.80. The van der Waals surface area contributed by atoms with E-state index < -0.39 is 11.6 Å². The van der Waals surface area contributed by atoms with Crippen molar-refractivity contribution in [2.75, 3.05) is 7.11 Å². The number of hydrogen-bond donors (Lipinski definition) is 1. The van der Waals surface area contributed by atoms with Gasteiger partial charge in [0.1, 0.15) is 0 Å². The summed E-state index contributed by atoms with van der Waals surface area (Å²) in [4.78, 5) is 12.0. The molecule has 1 aliphatic rings. The number of methoxy groups -OCH3 is 1. The fraction of sp³-hybridized carbons (Fsp3) is 0.933. The monoisotopic (exact) mass is 256 g/mol. The molecule has 0 bridgehead atoms. The van der Waals surface area contributed by atoms with Crippen molar-refractivity contribution < 1.29 is 14.6 Å². The first-order valence-electron chi connectivity index (χ1n) is 7.05. The Bertz CT molecular complexity index is 296. The molecule has 1 saturated carbocycles. The van der Waals surface area contributed by atoms with E-state index in [1.807, 2.05) is 13.8 Å². The Kier molecular flexibility index (Phi) is 4.82. The van der Waals surface area contributed by atoms with Crippen molar-refractivity contribution in [3.63, 3.8) is 0 Å². The third-order valence-electron chi connectivity index (χ3n) is 4.59. The summed E-state index contributed by atoms with van der Waals surface area (Å²) in [6, 6.07) is 0. The van der Waals surface area contributed by atoms with Gasteiger partial charge in [0.05, 0.1) is 7.11 Å². The Labute approximate surface area is 111 Å². The van der Waals surface area contributed by atoms with Crippen molar-refractivity contribution in [3.05, 3.63) is 0 Å². The maximum absolute atomic E-state index is 12.0. The van der Waals surface area contributed by atoms with Gasteiger partial charge in [0.25, 0.3) is 0 Å². The molecule has 2 atom stereocenters. The standard InChI is InChI=1S/C15H28O3/c1-11(2)15(17,13(16)18-5)12-7-6-9-14(3,4)10-8-12/h11-12,17H,6-10H2,1-5H3. The van der Waals surface area contributed by atoms with Gasteiger partial charge in [-0.05, 0) is 42.9 Å². The summed E-state index contributed by atoms with van der Waals surface area (Å²) in [6.07, 6.45) is 5.11. The van der Waals surface area contributed by atoms with Crippen molar-refractivity contribution in [3.8, 4) is 0 Å². The van der Waals surface area contributed by atoms with Crippen LogP contribution in [0.3, 0.4) is 0 Å². The molecule has 3 nitrogen and oxygen atoms in total. The molecule has 3 heteroatoms. The van der Waals surface area contributed by atoms with Crippen LogP contribution in [0.15, 0.2) is 0 Å². The summed E-state index contributed by atoms with van der Waals surface area (Å²) in [5.74, 6) is -0.565. The average molecular weight is 256 g/mol. The molecule has 2 unspecified atom stereocenters. The van der Waals surface area contributed by atoms with Gasteiger partial charge in [-0.3, -0.25) is 0 Å². The van der Waals surface area contributed by atoms with Gasteiger partial charge in [-0.1, -0.05) is 34.1 Å². The summed E-state index contributed by atoms with van der Waals surface area (Å²) < 4.78 is 4.83. The zero-order chi connectivity index (χ0) is 14.0. The Balaban J connectivity index is 2.90. The van der Waals surface area contributed by atoms with Crippen LogP contribution in [-0.2, 0) is 9.53 Å². The molecule has 106 valence electrons. The molecule has 1 aliphatic carbocycles. The largest absolute Gasteiger partial charge is 0.467 e. The first-order valence-corrected chi connectivity index (χ1v) is 7.05. The predicted molar refractivity (Wildman–Crippen MR) is 72.2 cm³/mol. The average Bonchev–Trinajstić information content (AvgIpc) is 2.48. The number of esters is 1. The third-order valence-corrected chi connectivity index (χ3v) is 4.59. The van der Waals surface area contributed by atoms with Gasteiger partial charge in [-0.25, -0.2) is 4.79 Å². The van der Waals surface area contributed by atoms with Crippen molar-refractivity contribution in [2.24, 2.45) is 17.3 Å². The lowest BCUT2D eigenvalue weighted by molar-refractivity contribution is -0.176. The van der Waals surface area contributed by atoms with Crippen molar-refractivity contribution in [2.45, 2.75) is 65.4 Å². The number of hydrogen-bond acceptors (Lipinski definition) is 3. The van der Waals surface area contributed by atoms with Crippen LogP contribution in [0.1, 0.15) is 59.8 Å². The van der Waals surface area contributed by atoms with E-state index in [4.69, 9.17) is 4.74 Å². The SMILES string of the molecule is COC(=O)C(O)(C(C)C)C1CCCC(C)(C)CC1. The molecule has 1 rings (SSSR count). The minimum atomic E-state index is -1.32. The van der Waals surface area contributed by atoms with E-state index in [2.05, 4.69) is 13.8 Å². The van der Waals surface area contributed by atoms with E-state index in [0.717, 1.165) is 25.7 Å². The Hall–Kier alpha value is -0.570. The molecule has 0 saturated heterocycles. The van der Waals surface area contributed by atoms with E-state index in [9.17, 15) is 9.90 Å². The van der Waals surface area contributed by atoms with E-state index in [0.29, 0.717) is 5.41 Å². The molecule has 1 N–H and O–H groups in total. The molecule has 0 aliphatic heterocycles. The first-order chi connectivity index (χ1) is 8.24. The van der Waals surface area contributed by atoms with Gasteiger partial charge in [0.15, 0.2) is 5.60 Å². The third kappa shape index (κ3) is 3.05. The highest BCUT2D eigenvalue weighted by atomic mass is 16.5. The fourth-order valence-corrected chi connectivity index (χ4v) is 3.14. The lowest BCUT2D eigenvalue weighted by Crippen LogP contribution is -2.51. The smallest absolute Gasteiger partial charge is 0.338 e. The lowest BCUT2D eigenvalue weighted by Gasteiger charge is -2.36. The van der Waals surface area contributed by atoms with Crippen LogP contribution in [0.25, 0.3) is 0 Å². The normalized spacial score (nSPS) is 27.4. The maximum atomic E-state index is 12.0. The Morgan fingerprint density at radius 3 is 2.44 bits per heavy atom. The van der Waals surface area contributed by atoms with Crippen molar-refractivity contribution in [1.82, 2.24) is 0 Å². The molecule has 0 aromatic carbocycles. The van der Waals surface area contributed by atoms with E-state index >= 15 is 0 Å². The highest BCUT2D eigenvalue weighted by Gasteiger charge is 2.48. The van der Waals surface area contributed by atoms with Crippen LogP contribution in [0.5, 0.6) is 0 Å². The van der Waals surface area contributed by atoms with Crippen LogP contribution >= 0.6 is 0 Å². The summed E-state index contributed by atoms with van der Waals surface area (Å²) in [6.45, 7) is 8.32. The van der Waals surface area contributed by atoms with Gasteiger partial charge < -0.3 is 9.84 Å². The van der Waals surface area contributed by atoms with E-state index in [-0.39, 0.29) is 11.8 Å². The first kappa shape index (κ1) is 15.5. The quantitative estimate of drug-likeness (QED) is 0.623. The van der Waals surface area contributed by atoms with Gasteiger partial charge in [0.2, 0.25) is 0 Å². The van der Waals surface area contributed by atoms with Crippen LogP contribution < -0.4 is 0 Å². The Morgan fingerprint density at radius 2 is 1.94 bits per heavy atom. The fourth-order valence-electron chi connectivity index (χ4n) is 3.14. The zero-order valence-electron chi connectivity index (χ0n) is 12.5. The van der Waals surface area contributed by atoms with Crippen molar-refractivity contribution in [1.29, 1.82) is 0 Å². The number of carbonyl (C=O) groups excluding carboxylic acids is 1. The Morgan fingerprint density at radius 1 is 1.33 bits per heavy atom. The lowest BCUT2D eigenvalue weighted by atomic mass is 9.74. The molecular formula is C15H28O3. The number of rotatable bonds is 3. The summed E-state index contributed by atoms with van der Waals surface area (Å²) in [7, 11) is 1.36. The van der Waals surface area contributed by atoms with Gasteiger partial charge in [0, 0.05) is 0 Å². The van der Waals surface area contributed by atoms with Crippen molar-refractivity contribution >= 4 is 5.97 Å². The topological polar surface area (TPSA) is 46.5 Å². The molecule has 0 aromatic rings. The van der Waals surface area contributed by atoms with Crippen LogP contribution in [-0.4, -0.2) is 23.8 Å². The molecule has 0 spiro atoms. The summed E-state index contributed by atoms with van der Waals surface area (Å²) in [5.41, 5.74) is -1.00. The molecule has 0 radical (unpaired) electrons. The minimum Gasteiger partial charge on any atom is -0.467 e. The number of ether oxygens (including phenoxy) is 1. The zero-order valence-corrected chi connectivity index (χ0v) is 12.5. The maximum Gasteiger partial charge on any atom is 0.338 e. The second-order valence-corrected chi connectivity index (χ2v) is 6.76. The molecule has 0 heterocycles. The molecule has 18 heavy (non-hydrogen) atoms. The molecule has 0 amide bonds. The molecular weight excluding hydrogens is 228 g/mol. The van der Waals surface area contributed by atoms with Gasteiger partial charge in [-0.2, -0.15) is 0 Å². The summed E-state index contributed by atoms with van der Waals surface area (Å²) in [5, 5.41) is 10.8. The van der Waals surface area contributed by atoms with Gasteiger partial charge in [-0.15, -0.1) is 0 Å². The van der Waals surface area contributed by atoms with Crippen LogP contribution in [0.2, 0.25) is 0 Å². The van der Waals surface area contributed by atoms with E-state index in [1.54, 1.807) is 0 Å². The van der Waals surface area contributed by atoms with Crippen LogP contribution in [0, 0.1) is 17.3 Å². The number of aliphatic hydroxyl groups is 1. The number of carbonyl (C=O) groups is 1. The second-order valence-electron chi connectivity index (χ2n) is 6.76. The predicted octanol–water partition coefficient (Wildman–Crippen LogP) is 3.15. The summed E-state index contributed by atoms with van der Waals surface area (Å²) >= 11 is 0. The second kappa shape index (κ2) is 5.60. The van der Waals surface area contributed by atoms with Crippen LogP contribution in [0.4, 0.5) is 0 Å².